The maximum atomic E-state index is 11.7. The highest BCUT2D eigenvalue weighted by Gasteiger charge is 2.13. The molecular formula is C15H12ClN3O5. The Labute approximate surface area is 141 Å². The first-order valence-corrected chi connectivity index (χ1v) is 7.06. The summed E-state index contributed by atoms with van der Waals surface area (Å²) in [6.45, 7) is -0.472. The third-order valence-electron chi connectivity index (χ3n) is 2.77. The highest BCUT2D eigenvalue weighted by atomic mass is 35.5. The average molecular weight is 350 g/mol. The Morgan fingerprint density at radius 1 is 1.17 bits per heavy atom. The lowest BCUT2D eigenvalue weighted by Crippen LogP contribution is -2.37. The number of nitro benzene ring substituents is 1. The molecule has 0 atom stereocenters. The maximum absolute atomic E-state index is 11.7. The summed E-state index contributed by atoms with van der Waals surface area (Å²) in [5, 5.41) is 15.1. The van der Waals surface area contributed by atoms with Crippen molar-refractivity contribution in [2.24, 2.45) is 0 Å². The zero-order chi connectivity index (χ0) is 17.5. The fourth-order valence-corrected chi connectivity index (χ4v) is 1.94. The van der Waals surface area contributed by atoms with Crippen LogP contribution in [-0.4, -0.2) is 23.5 Å². The lowest BCUT2D eigenvalue weighted by Gasteiger charge is -2.09. The number of benzene rings is 2. The normalized spacial score (nSPS) is 9.88. The zero-order valence-electron chi connectivity index (χ0n) is 12.2. The molecule has 3 amide bonds. The molecule has 0 saturated heterocycles. The third kappa shape index (κ3) is 4.96. The zero-order valence-corrected chi connectivity index (χ0v) is 12.9. The molecule has 24 heavy (non-hydrogen) atoms. The van der Waals surface area contributed by atoms with Crippen molar-refractivity contribution >= 4 is 34.9 Å². The molecule has 0 aliphatic rings. The van der Waals surface area contributed by atoms with Crippen molar-refractivity contribution in [1.29, 1.82) is 0 Å². The minimum absolute atomic E-state index is 0.00858. The molecule has 0 saturated carbocycles. The number of amides is 3. The van der Waals surface area contributed by atoms with Gasteiger partial charge in [-0.1, -0.05) is 29.8 Å². The molecule has 9 heteroatoms. The number of non-ortho nitro benzene ring substituents is 1. The number of urea groups is 1. The molecule has 8 nitrogen and oxygen atoms in total. The molecule has 0 spiro atoms. The van der Waals surface area contributed by atoms with Crippen LogP contribution in [0.5, 0.6) is 5.75 Å². The van der Waals surface area contributed by atoms with Crippen LogP contribution >= 0.6 is 11.6 Å². The fourth-order valence-electron chi connectivity index (χ4n) is 1.71. The summed E-state index contributed by atoms with van der Waals surface area (Å²) in [7, 11) is 0. The number of halogens is 1. The topological polar surface area (TPSA) is 111 Å². The van der Waals surface area contributed by atoms with Crippen molar-refractivity contribution in [3.63, 3.8) is 0 Å². The number of ether oxygens (including phenoxy) is 1. The quantitative estimate of drug-likeness (QED) is 0.636. The molecule has 2 aromatic rings. The molecule has 2 rings (SSSR count). The first kappa shape index (κ1) is 17.2. The van der Waals surface area contributed by atoms with Crippen molar-refractivity contribution in [1.82, 2.24) is 5.32 Å². The van der Waals surface area contributed by atoms with Crippen LogP contribution in [0.25, 0.3) is 0 Å². The Morgan fingerprint density at radius 3 is 2.50 bits per heavy atom. The van der Waals surface area contributed by atoms with Crippen LogP contribution in [-0.2, 0) is 4.79 Å². The fraction of sp³-hybridized carbons (Fsp3) is 0.0667. The number of para-hydroxylation sites is 1. The molecular weight excluding hydrogens is 338 g/mol. The van der Waals surface area contributed by atoms with Gasteiger partial charge in [0.05, 0.1) is 9.95 Å². The molecule has 0 unspecified atom stereocenters. The second-order valence-electron chi connectivity index (χ2n) is 4.53. The average Bonchev–Trinajstić information content (AvgIpc) is 2.54. The van der Waals surface area contributed by atoms with Gasteiger partial charge in [-0.25, -0.2) is 4.79 Å². The van der Waals surface area contributed by atoms with Gasteiger partial charge in [-0.05, 0) is 18.2 Å². The predicted molar refractivity (Wildman–Crippen MR) is 87.2 cm³/mol. The number of carbonyl (C=O) groups is 2. The molecule has 0 radical (unpaired) electrons. The van der Waals surface area contributed by atoms with Crippen LogP contribution in [0.1, 0.15) is 0 Å². The highest BCUT2D eigenvalue weighted by Crippen LogP contribution is 2.28. The number of hydrogen-bond donors (Lipinski definition) is 2. The van der Waals surface area contributed by atoms with E-state index in [1.807, 2.05) is 0 Å². The minimum Gasteiger partial charge on any atom is -0.482 e. The van der Waals surface area contributed by atoms with E-state index in [-0.39, 0.29) is 16.5 Å². The summed E-state index contributed by atoms with van der Waals surface area (Å²) >= 11 is 5.83. The summed E-state index contributed by atoms with van der Waals surface area (Å²) < 4.78 is 5.14. The van der Waals surface area contributed by atoms with Crippen molar-refractivity contribution in [3.8, 4) is 5.75 Å². The van der Waals surface area contributed by atoms with Gasteiger partial charge in [0.1, 0.15) is 5.75 Å². The van der Waals surface area contributed by atoms with E-state index < -0.39 is 23.5 Å². The maximum Gasteiger partial charge on any atom is 0.325 e. The molecule has 0 bridgehead atoms. The van der Waals surface area contributed by atoms with Crippen LogP contribution in [0.3, 0.4) is 0 Å². The van der Waals surface area contributed by atoms with E-state index in [2.05, 4.69) is 10.6 Å². The number of rotatable bonds is 5. The van der Waals surface area contributed by atoms with E-state index in [0.29, 0.717) is 5.69 Å². The van der Waals surface area contributed by atoms with Crippen molar-refractivity contribution < 1.29 is 19.2 Å². The van der Waals surface area contributed by atoms with Gasteiger partial charge in [0.25, 0.3) is 11.6 Å². The largest absolute Gasteiger partial charge is 0.482 e. The van der Waals surface area contributed by atoms with Gasteiger partial charge in [-0.3, -0.25) is 20.2 Å². The summed E-state index contributed by atoms with van der Waals surface area (Å²) in [6.07, 6.45) is 0. The Bertz CT molecular complexity index is 767. The lowest BCUT2D eigenvalue weighted by atomic mass is 10.3. The first-order chi connectivity index (χ1) is 11.5. The molecule has 0 fully saturated rings. The van der Waals surface area contributed by atoms with Gasteiger partial charge in [0, 0.05) is 17.8 Å². The van der Waals surface area contributed by atoms with Crippen LogP contribution in [0.15, 0.2) is 48.5 Å². The van der Waals surface area contributed by atoms with Gasteiger partial charge in [0.15, 0.2) is 6.61 Å². The molecule has 0 heterocycles. The van der Waals surface area contributed by atoms with E-state index in [9.17, 15) is 19.7 Å². The smallest absolute Gasteiger partial charge is 0.325 e. The number of nitrogens with one attached hydrogen (secondary N) is 2. The Balaban J connectivity index is 1.85. The lowest BCUT2D eigenvalue weighted by molar-refractivity contribution is -0.384. The molecule has 2 aromatic carbocycles. The van der Waals surface area contributed by atoms with Crippen LogP contribution in [0, 0.1) is 10.1 Å². The second-order valence-corrected chi connectivity index (χ2v) is 4.94. The van der Waals surface area contributed by atoms with Crippen LogP contribution < -0.4 is 15.4 Å². The van der Waals surface area contributed by atoms with E-state index in [1.165, 1.54) is 12.1 Å². The number of anilines is 1. The van der Waals surface area contributed by atoms with E-state index >= 15 is 0 Å². The standard InChI is InChI=1S/C15H12ClN3O5/c16-12-8-11(19(22)23)6-7-13(12)24-9-14(20)18-15(21)17-10-4-2-1-3-5-10/h1-8H,9H2,(H2,17,18,20,21). The van der Waals surface area contributed by atoms with Crippen LogP contribution in [0.4, 0.5) is 16.2 Å². The van der Waals surface area contributed by atoms with E-state index in [4.69, 9.17) is 16.3 Å². The van der Waals surface area contributed by atoms with Crippen LogP contribution in [0.2, 0.25) is 5.02 Å². The third-order valence-corrected chi connectivity index (χ3v) is 3.07. The summed E-state index contributed by atoms with van der Waals surface area (Å²) in [6, 6.07) is 11.5. The first-order valence-electron chi connectivity index (χ1n) is 6.68. The summed E-state index contributed by atoms with van der Waals surface area (Å²) in [4.78, 5) is 33.3. The Hall–Kier alpha value is -3.13. The van der Waals surface area contributed by atoms with Crippen molar-refractivity contribution in [3.05, 3.63) is 63.7 Å². The molecule has 0 aliphatic carbocycles. The number of carbonyl (C=O) groups excluding carboxylic acids is 2. The molecule has 0 aliphatic heterocycles. The number of nitrogens with zero attached hydrogens (tertiary/aromatic N) is 1. The van der Waals surface area contributed by atoms with E-state index in [0.717, 1.165) is 6.07 Å². The van der Waals surface area contributed by atoms with Crippen molar-refractivity contribution in [2.45, 2.75) is 0 Å². The highest BCUT2D eigenvalue weighted by molar-refractivity contribution is 6.32. The van der Waals surface area contributed by atoms with E-state index in [1.54, 1.807) is 30.3 Å². The van der Waals surface area contributed by atoms with Gasteiger partial charge in [-0.15, -0.1) is 0 Å². The Kier molecular flexibility index (Phi) is 5.69. The monoisotopic (exact) mass is 349 g/mol. The van der Waals surface area contributed by atoms with Gasteiger partial charge in [-0.2, -0.15) is 0 Å². The predicted octanol–water partition coefficient (Wildman–Crippen LogP) is 2.98. The molecule has 124 valence electrons. The van der Waals surface area contributed by atoms with Gasteiger partial charge >= 0.3 is 6.03 Å². The minimum atomic E-state index is -0.704. The second kappa shape index (κ2) is 7.93. The summed E-state index contributed by atoms with van der Waals surface area (Å²) in [5.74, 6) is -0.598. The number of hydrogen-bond acceptors (Lipinski definition) is 5. The SMILES string of the molecule is O=C(COc1ccc([N+](=O)[O-])cc1Cl)NC(=O)Nc1ccccc1. The number of imide groups is 1. The van der Waals surface area contributed by atoms with Gasteiger partial charge < -0.3 is 10.1 Å². The Morgan fingerprint density at radius 2 is 1.88 bits per heavy atom. The summed E-state index contributed by atoms with van der Waals surface area (Å²) in [5.41, 5.74) is 0.334. The molecule has 2 N–H and O–H groups in total. The number of nitro groups is 1. The van der Waals surface area contributed by atoms with Crippen molar-refractivity contribution in [2.75, 3.05) is 11.9 Å². The van der Waals surface area contributed by atoms with Gasteiger partial charge in [0.2, 0.25) is 0 Å². The molecule has 0 aromatic heterocycles.